The lowest BCUT2D eigenvalue weighted by Gasteiger charge is -2.22. The summed E-state index contributed by atoms with van der Waals surface area (Å²) in [5.74, 6) is -4.46. The molecule has 0 saturated carbocycles. The lowest BCUT2D eigenvalue weighted by Crippen LogP contribution is -2.36. The topological polar surface area (TPSA) is 57.6 Å². The van der Waals surface area contributed by atoms with Gasteiger partial charge in [-0.2, -0.15) is 0 Å². The van der Waals surface area contributed by atoms with Crippen molar-refractivity contribution in [3.05, 3.63) is 0 Å². The quantitative estimate of drug-likeness (QED) is 0.803. The molecule has 0 radical (unpaired) electrons. The number of alkyl halides is 2. The zero-order valence-corrected chi connectivity index (χ0v) is 9.30. The van der Waals surface area contributed by atoms with Gasteiger partial charge in [0.1, 0.15) is 0 Å². The van der Waals surface area contributed by atoms with E-state index >= 15 is 0 Å². The molecule has 6 heteroatoms. The first kappa shape index (κ1) is 12.9. The number of carboxylic acids is 1. The van der Waals surface area contributed by atoms with Crippen LogP contribution in [0, 0.1) is 5.41 Å². The van der Waals surface area contributed by atoms with Crippen molar-refractivity contribution in [1.82, 2.24) is 4.90 Å². The molecule has 0 spiro atoms. The fourth-order valence-electron chi connectivity index (χ4n) is 1.51. The Balaban J connectivity index is 2.58. The fourth-order valence-corrected chi connectivity index (χ4v) is 1.51. The largest absolute Gasteiger partial charge is 0.481 e. The number of carbonyl (C=O) groups is 2. The van der Waals surface area contributed by atoms with Gasteiger partial charge in [0.05, 0.1) is 12.0 Å². The van der Waals surface area contributed by atoms with Gasteiger partial charge in [-0.3, -0.25) is 9.59 Å². The fraction of sp³-hybridized carbons (Fsp3) is 0.800. The van der Waals surface area contributed by atoms with Gasteiger partial charge in [0.2, 0.25) is 5.91 Å². The Morgan fingerprint density at radius 1 is 1.44 bits per heavy atom. The van der Waals surface area contributed by atoms with Crippen LogP contribution in [-0.2, 0) is 9.59 Å². The first-order valence-corrected chi connectivity index (χ1v) is 5.03. The summed E-state index contributed by atoms with van der Waals surface area (Å²) in [4.78, 5) is 23.4. The van der Waals surface area contributed by atoms with Crippen molar-refractivity contribution in [3.63, 3.8) is 0 Å². The predicted octanol–water partition coefficient (Wildman–Crippen LogP) is 1.35. The van der Waals surface area contributed by atoms with Crippen LogP contribution >= 0.6 is 0 Å². The molecule has 1 saturated heterocycles. The molecule has 1 aliphatic heterocycles. The van der Waals surface area contributed by atoms with Crippen molar-refractivity contribution < 1.29 is 23.5 Å². The highest BCUT2D eigenvalue weighted by atomic mass is 19.3. The van der Waals surface area contributed by atoms with Gasteiger partial charge in [0.25, 0.3) is 5.92 Å². The third kappa shape index (κ3) is 2.90. The number of halogens is 2. The summed E-state index contributed by atoms with van der Waals surface area (Å²) in [6.07, 6.45) is -0.593. The molecule has 0 aromatic rings. The molecule has 0 aliphatic carbocycles. The zero-order valence-electron chi connectivity index (χ0n) is 9.30. The lowest BCUT2D eigenvalue weighted by atomic mass is 9.89. The molecule has 1 fully saturated rings. The van der Waals surface area contributed by atoms with Gasteiger partial charge in [-0.05, 0) is 13.8 Å². The minimum absolute atomic E-state index is 0.00152. The summed E-state index contributed by atoms with van der Waals surface area (Å²) >= 11 is 0. The van der Waals surface area contributed by atoms with E-state index in [2.05, 4.69) is 0 Å². The van der Waals surface area contributed by atoms with Gasteiger partial charge in [-0.25, -0.2) is 8.78 Å². The van der Waals surface area contributed by atoms with Crippen LogP contribution in [0.1, 0.15) is 26.7 Å². The molecule has 1 N–H and O–H groups in total. The van der Waals surface area contributed by atoms with E-state index in [1.165, 1.54) is 13.8 Å². The van der Waals surface area contributed by atoms with Crippen LogP contribution in [0.2, 0.25) is 0 Å². The van der Waals surface area contributed by atoms with Crippen LogP contribution in [-0.4, -0.2) is 40.9 Å². The number of likely N-dealkylation sites (tertiary alicyclic amines) is 1. The SMILES string of the molecule is CC(C)(CC(=O)N1CCC(F)(F)C1)C(=O)O. The highest BCUT2D eigenvalue weighted by Crippen LogP contribution is 2.29. The smallest absolute Gasteiger partial charge is 0.309 e. The van der Waals surface area contributed by atoms with Crippen LogP contribution in [0.4, 0.5) is 8.78 Å². The first-order valence-electron chi connectivity index (χ1n) is 5.03. The maximum absolute atomic E-state index is 12.8. The lowest BCUT2D eigenvalue weighted by molar-refractivity contribution is -0.151. The minimum atomic E-state index is -2.83. The number of carboxylic acid groups (broad SMARTS) is 1. The Labute approximate surface area is 92.2 Å². The van der Waals surface area contributed by atoms with Crippen LogP contribution in [0.3, 0.4) is 0 Å². The molecule has 0 unspecified atom stereocenters. The number of hydrogen-bond donors (Lipinski definition) is 1. The Hall–Kier alpha value is -1.20. The molecule has 1 aliphatic rings. The Kier molecular flexibility index (Phi) is 3.21. The van der Waals surface area contributed by atoms with E-state index in [1.54, 1.807) is 0 Å². The normalized spacial score (nSPS) is 19.9. The first-order chi connectivity index (χ1) is 7.14. The number of amides is 1. The molecule has 0 bridgehead atoms. The van der Waals surface area contributed by atoms with Crippen LogP contribution in [0.25, 0.3) is 0 Å². The third-order valence-electron chi connectivity index (χ3n) is 2.69. The Morgan fingerprint density at radius 3 is 2.38 bits per heavy atom. The molecule has 0 aromatic heterocycles. The van der Waals surface area contributed by atoms with Crippen LogP contribution in [0.15, 0.2) is 0 Å². The summed E-state index contributed by atoms with van der Waals surface area (Å²) in [7, 11) is 0. The predicted molar refractivity (Wildman–Crippen MR) is 52.2 cm³/mol. The number of aliphatic carboxylic acids is 1. The second kappa shape index (κ2) is 3.99. The minimum Gasteiger partial charge on any atom is -0.481 e. The number of rotatable bonds is 3. The van der Waals surface area contributed by atoms with Gasteiger partial charge in [-0.15, -0.1) is 0 Å². The highest BCUT2D eigenvalue weighted by molar-refractivity contribution is 5.84. The average Bonchev–Trinajstić information content (AvgIpc) is 2.45. The maximum Gasteiger partial charge on any atom is 0.309 e. The van der Waals surface area contributed by atoms with Crippen molar-refractivity contribution in [2.24, 2.45) is 5.41 Å². The molecule has 1 amide bonds. The summed E-state index contributed by atoms with van der Waals surface area (Å²) in [5, 5.41) is 8.82. The van der Waals surface area contributed by atoms with Crippen LogP contribution in [0.5, 0.6) is 0 Å². The summed E-state index contributed by atoms with van der Waals surface area (Å²) in [5.41, 5.74) is -1.21. The van der Waals surface area contributed by atoms with Crippen molar-refractivity contribution in [2.75, 3.05) is 13.1 Å². The van der Waals surface area contributed by atoms with E-state index in [9.17, 15) is 18.4 Å². The molecular formula is C10H15F2NO3. The van der Waals surface area contributed by atoms with Crippen molar-refractivity contribution in [1.29, 1.82) is 0 Å². The van der Waals surface area contributed by atoms with Gasteiger partial charge in [-0.1, -0.05) is 0 Å². The van der Waals surface area contributed by atoms with Gasteiger partial charge >= 0.3 is 5.97 Å². The van der Waals surface area contributed by atoms with Crippen molar-refractivity contribution in [3.8, 4) is 0 Å². The van der Waals surface area contributed by atoms with E-state index in [0.717, 1.165) is 4.90 Å². The molecule has 1 rings (SSSR count). The highest BCUT2D eigenvalue weighted by Gasteiger charge is 2.42. The average molecular weight is 235 g/mol. The summed E-state index contributed by atoms with van der Waals surface area (Å²) in [6, 6.07) is 0. The van der Waals surface area contributed by atoms with E-state index in [4.69, 9.17) is 5.11 Å². The second-order valence-electron chi connectivity index (χ2n) is 4.79. The van der Waals surface area contributed by atoms with E-state index in [0.29, 0.717) is 0 Å². The van der Waals surface area contributed by atoms with Crippen molar-refractivity contribution >= 4 is 11.9 Å². The number of hydrogen-bond acceptors (Lipinski definition) is 2. The maximum atomic E-state index is 12.8. The number of nitrogens with zero attached hydrogens (tertiary/aromatic N) is 1. The molecule has 4 nitrogen and oxygen atoms in total. The molecule has 16 heavy (non-hydrogen) atoms. The Bertz CT molecular complexity index is 315. The van der Waals surface area contributed by atoms with E-state index < -0.39 is 29.8 Å². The zero-order chi connectivity index (χ0) is 12.6. The molecule has 0 aromatic carbocycles. The second-order valence-corrected chi connectivity index (χ2v) is 4.79. The Morgan fingerprint density at radius 2 is 2.00 bits per heavy atom. The van der Waals surface area contributed by atoms with Gasteiger partial charge in [0.15, 0.2) is 0 Å². The van der Waals surface area contributed by atoms with Gasteiger partial charge < -0.3 is 10.0 Å². The molecule has 1 heterocycles. The van der Waals surface area contributed by atoms with Gasteiger partial charge in [0, 0.05) is 19.4 Å². The third-order valence-corrected chi connectivity index (χ3v) is 2.69. The molecule has 0 atom stereocenters. The molecule has 92 valence electrons. The van der Waals surface area contributed by atoms with Crippen molar-refractivity contribution in [2.45, 2.75) is 32.6 Å². The van der Waals surface area contributed by atoms with E-state index in [1.807, 2.05) is 0 Å². The summed E-state index contributed by atoms with van der Waals surface area (Å²) < 4.78 is 25.7. The standard InChI is InChI=1S/C10H15F2NO3/c1-9(2,8(15)16)5-7(14)13-4-3-10(11,12)6-13/h3-6H2,1-2H3,(H,15,16). The molecular weight excluding hydrogens is 220 g/mol. The monoisotopic (exact) mass is 235 g/mol. The summed E-state index contributed by atoms with van der Waals surface area (Å²) in [6.45, 7) is 2.21. The number of carbonyl (C=O) groups excluding carboxylic acids is 1. The van der Waals surface area contributed by atoms with E-state index in [-0.39, 0.29) is 19.4 Å². The van der Waals surface area contributed by atoms with Crippen LogP contribution < -0.4 is 0 Å².